The molecule has 0 radical (unpaired) electrons. The molecule has 2 aromatic rings. The number of rotatable bonds is 7. The molecule has 1 aliphatic carbocycles. The minimum Gasteiger partial charge on any atom is -0.378 e. The Hall–Kier alpha value is -2.27. The number of amides is 1. The van der Waals surface area contributed by atoms with Gasteiger partial charge in [0.15, 0.2) is 0 Å². The molecular formula is C18H21N3O2. The fourth-order valence-electron chi connectivity index (χ4n) is 2.70. The van der Waals surface area contributed by atoms with E-state index in [-0.39, 0.29) is 17.9 Å². The topological polar surface area (TPSA) is 55.3 Å². The smallest absolute Gasteiger partial charge is 0.229 e. The lowest BCUT2D eigenvalue weighted by atomic mass is 10.2. The van der Waals surface area contributed by atoms with Crippen LogP contribution in [0.5, 0.6) is 0 Å². The summed E-state index contributed by atoms with van der Waals surface area (Å²) in [6, 6.07) is 7.77. The van der Waals surface area contributed by atoms with Gasteiger partial charge >= 0.3 is 0 Å². The Bertz CT molecular complexity index is 592. The van der Waals surface area contributed by atoms with E-state index in [9.17, 15) is 4.79 Å². The number of carbonyl (C=O) groups excluding carboxylic acids is 1. The van der Waals surface area contributed by atoms with Crippen molar-refractivity contribution in [3.05, 3.63) is 60.2 Å². The molecule has 0 aliphatic heterocycles. The number of pyridine rings is 2. The summed E-state index contributed by atoms with van der Waals surface area (Å²) in [7, 11) is 0. The number of aromatic nitrogens is 2. The lowest BCUT2D eigenvalue weighted by molar-refractivity contribution is -0.134. The minimum atomic E-state index is -0.00606. The highest BCUT2D eigenvalue weighted by atomic mass is 16.5. The van der Waals surface area contributed by atoms with E-state index in [2.05, 4.69) is 9.97 Å². The van der Waals surface area contributed by atoms with Gasteiger partial charge in [0.2, 0.25) is 5.91 Å². The molecule has 1 saturated carbocycles. The van der Waals surface area contributed by atoms with Crippen LogP contribution >= 0.6 is 0 Å². The van der Waals surface area contributed by atoms with E-state index in [1.54, 1.807) is 24.8 Å². The highest BCUT2D eigenvalue weighted by molar-refractivity contribution is 5.82. The Morgan fingerprint density at radius 1 is 1.17 bits per heavy atom. The van der Waals surface area contributed by atoms with Crippen molar-refractivity contribution >= 4 is 5.91 Å². The number of hydrogen-bond acceptors (Lipinski definition) is 4. The van der Waals surface area contributed by atoms with Crippen LogP contribution in [0.1, 0.15) is 24.5 Å². The monoisotopic (exact) mass is 311 g/mol. The van der Waals surface area contributed by atoms with Crippen LogP contribution in [-0.4, -0.2) is 33.5 Å². The molecule has 2 aromatic heterocycles. The van der Waals surface area contributed by atoms with Crippen molar-refractivity contribution in [1.29, 1.82) is 0 Å². The van der Waals surface area contributed by atoms with Crippen LogP contribution in [0.2, 0.25) is 0 Å². The van der Waals surface area contributed by atoms with Crippen molar-refractivity contribution in [2.75, 3.05) is 6.61 Å². The predicted octanol–water partition coefficient (Wildman–Crippen LogP) is 2.43. The van der Waals surface area contributed by atoms with Gasteiger partial charge in [0, 0.05) is 44.5 Å². The summed E-state index contributed by atoms with van der Waals surface area (Å²) in [6.45, 7) is 3.75. The second-order valence-corrected chi connectivity index (χ2v) is 5.75. The molecule has 23 heavy (non-hydrogen) atoms. The quantitative estimate of drug-likeness (QED) is 0.788. The van der Waals surface area contributed by atoms with E-state index in [1.807, 2.05) is 36.1 Å². The van der Waals surface area contributed by atoms with E-state index in [0.717, 1.165) is 17.5 Å². The molecule has 0 bridgehead atoms. The first-order valence-electron chi connectivity index (χ1n) is 7.96. The first kappa shape index (κ1) is 15.6. The molecule has 0 saturated heterocycles. The predicted molar refractivity (Wildman–Crippen MR) is 86.2 cm³/mol. The maximum Gasteiger partial charge on any atom is 0.229 e. The Kier molecular flexibility index (Phi) is 4.98. The van der Waals surface area contributed by atoms with E-state index >= 15 is 0 Å². The van der Waals surface area contributed by atoms with Crippen molar-refractivity contribution < 1.29 is 9.53 Å². The standard InChI is InChI=1S/C18H21N3O2/c1-2-23-17-10-16(17)18(22)21(12-14-5-8-19-9-6-14)13-15-4-3-7-20-11-15/h3-9,11,16-17H,2,10,12-13H2,1H3. The Balaban J connectivity index is 1.72. The zero-order valence-electron chi connectivity index (χ0n) is 13.3. The highest BCUT2D eigenvalue weighted by Gasteiger charge is 2.45. The first-order chi connectivity index (χ1) is 11.3. The van der Waals surface area contributed by atoms with Crippen LogP contribution in [-0.2, 0) is 22.6 Å². The zero-order valence-corrected chi connectivity index (χ0v) is 13.3. The molecule has 0 spiro atoms. The van der Waals surface area contributed by atoms with Gasteiger partial charge in [-0.3, -0.25) is 14.8 Å². The molecule has 1 aliphatic rings. The van der Waals surface area contributed by atoms with Crippen LogP contribution in [0.3, 0.4) is 0 Å². The van der Waals surface area contributed by atoms with Crippen molar-refractivity contribution in [3.63, 3.8) is 0 Å². The van der Waals surface area contributed by atoms with Gasteiger partial charge in [0.1, 0.15) is 0 Å². The largest absolute Gasteiger partial charge is 0.378 e. The molecule has 0 N–H and O–H groups in total. The third kappa shape index (κ3) is 4.13. The lowest BCUT2D eigenvalue weighted by Gasteiger charge is -2.23. The summed E-state index contributed by atoms with van der Waals surface area (Å²) >= 11 is 0. The third-order valence-corrected chi connectivity index (χ3v) is 3.96. The molecule has 5 nitrogen and oxygen atoms in total. The molecule has 1 amide bonds. The van der Waals surface area contributed by atoms with Gasteiger partial charge in [-0.15, -0.1) is 0 Å². The van der Waals surface area contributed by atoms with E-state index < -0.39 is 0 Å². The lowest BCUT2D eigenvalue weighted by Crippen LogP contribution is -2.32. The van der Waals surface area contributed by atoms with E-state index in [0.29, 0.717) is 19.7 Å². The van der Waals surface area contributed by atoms with Crippen molar-refractivity contribution in [1.82, 2.24) is 14.9 Å². The maximum absolute atomic E-state index is 12.8. The van der Waals surface area contributed by atoms with Crippen LogP contribution in [0, 0.1) is 5.92 Å². The Morgan fingerprint density at radius 3 is 2.65 bits per heavy atom. The second kappa shape index (κ2) is 7.33. The Labute approximate surface area is 136 Å². The van der Waals surface area contributed by atoms with E-state index in [1.165, 1.54) is 0 Å². The molecule has 1 fully saturated rings. The fraction of sp³-hybridized carbons (Fsp3) is 0.389. The van der Waals surface area contributed by atoms with Crippen LogP contribution in [0.25, 0.3) is 0 Å². The molecule has 120 valence electrons. The molecule has 3 rings (SSSR count). The average molecular weight is 311 g/mol. The summed E-state index contributed by atoms with van der Waals surface area (Å²) in [5, 5.41) is 0. The van der Waals surface area contributed by atoms with E-state index in [4.69, 9.17) is 4.74 Å². The maximum atomic E-state index is 12.8. The summed E-state index contributed by atoms with van der Waals surface area (Å²) in [4.78, 5) is 22.9. The highest BCUT2D eigenvalue weighted by Crippen LogP contribution is 2.36. The Morgan fingerprint density at radius 2 is 1.96 bits per heavy atom. The van der Waals surface area contributed by atoms with Crippen LogP contribution in [0.15, 0.2) is 49.1 Å². The minimum absolute atomic E-state index is 0.00606. The normalized spacial score (nSPS) is 19.3. The number of ether oxygens (including phenoxy) is 1. The van der Waals surface area contributed by atoms with Gasteiger partial charge in [0.25, 0.3) is 0 Å². The van der Waals surface area contributed by atoms with Gasteiger partial charge in [-0.05, 0) is 42.7 Å². The molecule has 2 unspecified atom stereocenters. The number of carbonyl (C=O) groups is 1. The molecule has 2 heterocycles. The van der Waals surface area contributed by atoms with Crippen LogP contribution < -0.4 is 0 Å². The van der Waals surface area contributed by atoms with Crippen molar-refractivity contribution in [2.45, 2.75) is 32.5 Å². The molecule has 5 heteroatoms. The fourth-order valence-corrected chi connectivity index (χ4v) is 2.70. The first-order valence-corrected chi connectivity index (χ1v) is 7.96. The second-order valence-electron chi connectivity index (χ2n) is 5.75. The SMILES string of the molecule is CCOC1CC1C(=O)N(Cc1ccncc1)Cc1cccnc1. The summed E-state index contributed by atoms with van der Waals surface area (Å²) in [6.07, 6.45) is 7.96. The van der Waals surface area contributed by atoms with Gasteiger partial charge in [-0.2, -0.15) is 0 Å². The van der Waals surface area contributed by atoms with Gasteiger partial charge in [-0.25, -0.2) is 0 Å². The van der Waals surface area contributed by atoms with Crippen molar-refractivity contribution in [3.8, 4) is 0 Å². The zero-order chi connectivity index (χ0) is 16.1. The molecular weight excluding hydrogens is 290 g/mol. The number of hydrogen-bond donors (Lipinski definition) is 0. The third-order valence-electron chi connectivity index (χ3n) is 3.96. The summed E-state index contributed by atoms with van der Waals surface area (Å²) < 4.78 is 5.57. The summed E-state index contributed by atoms with van der Waals surface area (Å²) in [5.41, 5.74) is 2.11. The molecule has 2 atom stereocenters. The van der Waals surface area contributed by atoms with Gasteiger partial charge < -0.3 is 9.64 Å². The molecule has 0 aromatic carbocycles. The van der Waals surface area contributed by atoms with Crippen molar-refractivity contribution in [2.24, 2.45) is 5.92 Å². The number of nitrogens with zero attached hydrogens (tertiary/aromatic N) is 3. The van der Waals surface area contributed by atoms with Gasteiger partial charge in [0.05, 0.1) is 12.0 Å². The van der Waals surface area contributed by atoms with Crippen LogP contribution in [0.4, 0.5) is 0 Å². The van der Waals surface area contributed by atoms with Gasteiger partial charge in [-0.1, -0.05) is 6.07 Å². The average Bonchev–Trinajstić information content (AvgIpc) is 3.35. The summed E-state index contributed by atoms with van der Waals surface area (Å²) in [5.74, 6) is 0.151.